The van der Waals surface area contributed by atoms with Crippen LogP contribution in [0.2, 0.25) is 0 Å². The van der Waals surface area contributed by atoms with Gasteiger partial charge in [0.25, 0.3) is 7.82 Å². The zero-order valence-corrected chi connectivity index (χ0v) is 52.8. The zero-order valence-electron chi connectivity index (χ0n) is 51.9. The van der Waals surface area contributed by atoms with Crippen LogP contribution in [0, 0.1) is 0 Å². The van der Waals surface area contributed by atoms with Gasteiger partial charge in [-0.1, -0.05) is 299 Å². The van der Waals surface area contributed by atoms with Gasteiger partial charge in [0.2, 0.25) is 0 Å². The van der Waals surface area contributed by atoms with Crippen molar-refractivity contribution < 1.29 is 42.1 Å². The molecule has 0 spiro atoms. The van der Waals surface area contributed by atoms with E-state index in [0.717, 1.165) is 77.0 Å². The molecule has 78 heavy (non-hydrogen) atoms. The Morgan fingerprint density at radius 3 is 1.09 bits per heavy atom. The molecule has 0 rings (SSSR count). The number of hydrogen-bond acceptors (Lipinski definition) is 8. The van der Waals surface area contributed by atoms with Crippen molar-refractivity contribution in [2.45, 2.75) is 315 Å². The van der Waals surface area contributed by atoms with E-state index in [1.165, 1.54) is 199 Å². The second-order valence-corrected chi connectivity index (χ2v) is 24.9. The highest BCUT2D eigenvalue weighted by Crippen LogP contribution is 2.38. The van der Waals surface area contributed by atoms with Gasteiger partial charge in [0.1, 0.15) is 19.8 Å². The van der Waals surface area contributed by atoms with Crippen LogP contribution in [0.25, 0.3) is 0 Å². The van der Waals surface area contributed by atoms with Crippen molar-refractivity contribution in [1.82, 2.24) is 0 Å². The predicted molar refractivity (Wildman–Crippen MR) is 333 cm³/mol. The first kappa shape index (κ1) is 75.7. The Morgan fingerprint density at radius 2 is 0.731 bits per heavy atom. The minimum Gasteiger partial charge on any atom is -0.756 e. The number of phosphoric acid groups is 1. The Hall–Kier alpha value is -2.29. The van der Waals surface area contributed by atoms with E-state index >= 15 is 0 Å². The number of quaternary nitrogens is 1. The van der Waals surface area contributed by atoms with E-state index in [-0.39, 0.29) is 32.0 Å². The molecule has 0 saturated heterocycles. The summed E-state index contributed by atoms with van der Waals surface area (Å²) in [7, 11) is 1.17. The Morgan fingerprint density at radius 1 is 0.410 bits per heavy atom. The summed E-state index contributed by atoms with van der Waals surface area (Å²) in [5, 5.41) is 0. The van der Waals surface area contributed by atoms with Crippen molar-refractivity contribution in [1.29, 1.82) is 0 Å². The number of carbonyl (C=O) groups is 2. The molecule has 0 aromatic rings. The lowest BCUT2D eigenvalue weighted by Gasteiger charge is -2.28. The molecule has 456 valence electrons. The summed E-state index contributed by atoms with van der Waals surface area (Å²) in [6.07, 6.45) is 77.2. The second-order valence-electron chi connectivity index (χ2n) is 23.5. The summed E-state index contributed by atoms with van der Waals surface area (Å²) in [5.41, 5.74) is 0. The Labute approximate surface area is 483 Å². The fourth-order valence-electron chi connectivity index (χ4n) is 9.51. The molecular formula is C68H126NO8P. The van der Waals surface area contributed by atoms with E-state index in [0.29, 0.717) is 17.4 Å². The first-order valence-corrected chi connectivity index (χ1v) is 34.5. The summed E-state index contributed by atoms with van der Waals surface area (Å²) >= 11 is 0. The average Bonchev–Trinajstić information content (AvgIpc) is 3.40. The summed E-state index contributed by atoms with van der Waals surface area (Å²) < 4.78 is 34.3. The molecule has 0 aromatic heterocycles. The highest BCUT2D eigenvalue weighted by atomic mass is 31.2. The zero-order chi connectivity index (χ0) is 57.0. The molecule has 0 amide bonds. The standard InChI is InChI=1S/C68H126NO8P/c1-6-8-10-12-14-16-18-20-22-24-26-28-30-32-33-34-35-37-38-40-42-44-46-48-50-52-54-56-58-60-67(70)74-64-66(65-76-78(72,73)75-63-62-69(3,4)5)77-68(71)61-59-57-55-53-51-49-47-45-43-41-39-36-31-29-27-25-23-21-19-17-15-13-11-9-7-2/h9,11,15,17,21,23,27,29,36,39,66H,6-8,10,12-14,16,18-20,22,24-26,28,30-35,37-38,40-65H2,1-5H3/b11-9-,17-15-,23-21-,29-27-,39-36-. The van der Waals surface area contributed by atoms with Crippen LogP contribution in [0.5, 0.6) is 0 Å². The summed E-state index contributed by atoms with van der Waals surface area (Å²) in [6.45, 7) is 4.17. The van der Waals surface area contributed by atoms with Crippen LogP contribution < -0.4 is 4.89 Å². The van der Waals surface area contributed by atoms with Gasteiger partial charge in [-0.15, -0.1) is 0 Å². The van der Waals surface area contributed by atoms with Crippen molar-refractivity contribution in [2.75, 3.05) is 47.5 Å². The van der Waals surface area contributed by atoms with Gasteiger partial charge in [0, 0.05) is 12.8 Å². The number of nitrogens with zero attached hydrogens (tertiary/aromatic N) is 1. The number of allylic oxidation sites excluding steroid dienone is 10. The molecule has 2 unspecified atom stereocenters. The van der Waals surface area contributed by atoms with Crippen LogP contribution in [0.3, 0.4) is 0 Å². The molecule has 0 heterocycles. The van der Waals surface area contributed by atoms with Gasteiger partial charge in [-0.2, -0.15) is 0 Å². The molecule has 10 heteroatoms. The normalized spacial score (nSPS) is 13.6. The molecule has 0 aliphatic rings. The minimum absolute atomic E-state index is 0.0325. The first-order valence-electron chi connectivity index (χ1n) is 33.0. The third-order valence-electron chi connectivity index (χ3n) is 14.6. The summed E-state index contributed by atoms with van der Waals surface area (Å²) in [4.78, 5) is 38.0. The quantitative estimate of drug-likeness (QED) is 0.0195. The third kappa shape index (κ3) is 62.9. The molecule has 0 aromatic carbocycles. The molecule has 0 N–H and O–H groups in total. The lowest BCUT2D eigenvalue weighted by molar-refractivity contribution is -0.870. The van der Waals surface area contributed by atoms with Gasteiger partial charge in [0.05, 0.1) is 27.7 Å². The Balaban J connectivity index is 4.06. The van der Waals surface area contributed by atoms with Crippen LogP contribution in [-0.2, 0) is 32.7 Å². The minimum atomic E-state index is -4.64. The molecule has 0 saturated carbocycles. The van der Waals surface area contributed by atoms with Gasteiger partial charge in [-0.05, 0) is 57.8 Å². The van der Waals surface area contributed by atoms with E-state index < -0.39 is 26.5 Å². The summed E-state index contributed by atoms with van der Waals surface area (Å²) in [5.74, 6) is -0.828. The molecule has 0 radical (unpaired) electrons. The van der Waals surface area contributed by atoms with Crippen LogP contribution in [-0.4, -0.2) is 70.0 Å². The van der Waals surface area contributed by atoms with E-state index in [4.69, 9.17) is 18.5 Å². The van der Waals surface area contributed by atoms with Gasteiger partial charge in [0.15, 0.2) is 6.10 Å². The molecule has 0 aliphatic carbocycles. The van der Waals surface area contributed by atoms with Crippen LogP contribution in [0.4, 0.5) is 0 Å². The van der Waals surface area contributed by atoms with Gasteiger partial charge in [-0.3, -0.25) is 14.2 Å². The number of phosphoric ester groups is 1. The maximum atomic E-state index is 12.8. The van der Waals surface area contributed by atoms with Crippen molar-refractivity contribution in [3.05, 3.63) is 60.8 Å². The van der Waals surface area contributed by atoms with E-state index in [2.05, 4.69) is 74.6 Å². The van der Waals surface area contributed by atoms with Crippen molar-refractivity contribution >= 4 is 19.8 Å². The largest absolute Gasteiger partial charge is 0.756 e. The molecule has 0 bridgehead atoms. The van der Waals surface area contributed by atoms with Gasteiger partial charge < -0.3 is 27.9 Å². The second kappa shape index (κ2) is 59.3. The molecule has 0 fully saturated rings. The fourth-order valence-corrected chi connectivity index (χ4v) is 10.2. The summed E-state index contributed by atoms with van der Waals surface area (Å²) in [6, 6.07) is 0. The number of hydrogen-bond donors (Lipinski definition) is 0. The average molecular weight is 1120 g/mol. The highest BCUT2D eigenvalue weighted by molar-refractivity contribution is 7.45. The molecule has 9 nitrogen and oxygen atoms in total. The van der Waals surface area contributed by atoms with E-state index in [1.54, 1.807) is 0 Å². The van der Waals surface area contributed by atoms with E-state index in [1.807, 2.05) is 21.1 Å². The SMILES string of the molecule is CC/C=C\C/C=C\C/C=C\C/C=C\C/C=C\CCCCCCCCCCCC(=O)OC(COC(=O)CCCCCCCCCCCCCCCCCCCCCCCCCCCCCCC)COP(=O)([O-])OCC[N+](C)(C)C. The lowest BCUT2D eigenvalue weighted by Crippen LogP contribution is -2.37. The third-order valence-corrected chi connectivity index (χ3v) is 15.5. The van der Waals surface area contributed by atoms with Gasteiger partial charge in [-0.25, -0.2) is 0 Å². The van der Waals surface area contributed by atoms with Crippen molar-refractivity contribution in [3.63, 3.8) is 0 Å². The Kier molecular flexibility index (Phi) is 57.6. The van der Waals surface area contributed by atoms with Crippen molar-refractivity contribution in [2.24, 2.45) is 0 Å². The first-order chi connectivity index (χ1) is 38.0. The fraction of sp³-hybridized carbons (Fsp3) is 0.824. The number of rotatable bonds is 61. The van der Waals surface area contributed by atoms with Crippen LogP contribution >= 0.6 is 7.82 Å². The lowest BCUT2D eigenvalue weighted by atomic mass is 10.0. The predicted octanol–water partition coefficient (Wildman–Crippen LogP) is 20.4. The van der Waals surface area contributed by atoms with Crippen LogP contribution in [0.1, 0.15) is 309 Å². The molecule has 0 aliphatic heterocycles. The molecule has 2 atom stereocenters. The van der Waals surface area contributed by atoms with Gasteiger partial charge >= 0.3 is 11.9 Å². The van der Waals surface area contributed by atoms with Crippen molar-refractivity contribution in [3.8, 4) is 0 Å². The number of carbonyl (C=O) groups excluding carboxylic acids is 2. The number of ether oxygens (including phenoxy) is 2. The number of unbranched alkanes of at least 4 members (excludes halogenated alkanes) is 37. The maximum Gasteiger partial charge on any atom is 0.306 e. The smallest absolute Gasteiger partial charge is 0.306 e. The van der Waals surface area contributed by atoms with Crippen LogP contribution in [0.15, 0.2) is 60.8 Å². The monoisotopic (exact) mass is 1120 g/mol. The highest BCUT2D eigenvalue weighted by Gasteiger charge is 2.22. The molecular weight excluding hydrogens is 990 g/mol. The Bertz CT molecular complexity index is 1500. The number of esters is 2. The number of likely N-dealkylation sites (N-methyl/N-ethyl adjacent to an activating group) is 1. The van der Waals surface area contributed by atoms with E-state index in [9.17, 15) is 19.0 Å². The maximum absolute atomic E-state index is 12.8. The topological polar surface area (TPSA) is 111 Å².